The Morgan fingerprint density at radius 3 is 2.74 bits per heavy atom. The zero-order valence-electron chi connectivity index (χ0n) is 19.9. The summed E-state index contributed by atoms with van der Waals surface area (Å²) in [5.41, 5.74) is 4.72. The summed E-state index contributed by atoms with van der Waals surface area (Å²) >= 11 is 1.52. The van der Waals surface area contributed by atoms with Gasteiger partial charge in [-0.3, -0.25) is 0 Å². The van der Waals surface area contributed by atoms with Gasteiger partial charge in [-0.15, -0.1) is 11.3 Å². The van der Waals surface area contributed by atoms with E-state index in [1.54, 1.807) is 27.3 Å². The second kappa shape index (κ2) is 8.84. The molecular weight excluding hydrogens is 450 g/mol. The number of fused-ring (bicyclic) bond motifs is 1. The minimum atomic E-state index is -0.866. The molecule has 2 N–H and O–H groups in total. The van der Waals surface area contributed by atoms with E-state index in [4.69, 9.17) is 14.8 Å². The largest absolute Gasteiger partial charge is 0.479 e. The van der Waals surface area contributed by atoms with E-state index >= 15 is 0 Å². The second-order valence-electron chi connectivity index (χ2n) is 9.26. The van der Waals surface area contributed by atoms with Crippen molar-refractivity contribution >= 4 is 22.3 Å². The van der Waals surface area contributed by atoms with Crippen LogP contribution in [-0.4, -0.2) is 47.1 Å². The van der Waals surface area contributed by atoms with Crippen LogP contribution in [-0.2, 0) is 19.4 Å². The third kappa shape index (κ3) is 4.55. The first-order valence-electron chi connectivity index (χ1n) is 11.4. The summed E-state index contributed by atoms with van der Waals surface area (Å²) in [6.45, 7) is 5.95. The van der Waals surface area contributed by atoms with Gasteiger partial charge in [0.15, 0.2) is 5.13 Å². The highest BCUT2D eigenvalue weighted by Crippen LogP contribution is 2.34. The Kier molecular flexibility index (Phi) is 5.86. The number of imidazole rings is 1. The zero-order chi connectivity index (χ0) is 23.9. The normalized spacial score (nSPS) is 13.7. The van der Waals surface area contributed by atoms with E-state index in [0.717, 1.165) is 65.1 Å². The molecule has 0 bridgehead atoms. The van der Waals surface area contributed by atoms with Crippen LogP contribution in [0.2, 0.25) is 0 Å². The number of hydrogen-bond acceptors (Lipinski definition) is 8. The van der Waals surface area contributed by atoms with Crippen LogP contribution in [0.15, 0.2) is 30.0 Å². The van der Waals surface area contributed by atoms with Crippen molar-refractivity contribution < 1.29 is 9.84 Å². The summed E-state index contributed by atoms with van der Waals surface area (Å²) in [5.74, 6) is 1.43. The average molecular weight is 480 g/mol. The molecule has 0 unspecified atom stereocenters. The zero-order valence-corrected chi connectivity index (χ0v) is 20.7. The lowest BCUT2D eigenvalue weighted by Crippen LogP contribution is -2.27. The number of anilines is 2. The van der Waals surface area contributed by atoms with Gasteiger partial charge in [0, 0.05) is 17.1 Å². The maximum atomic E-state index is 10.4. The number of aliphatic hydroxyl groups is 1. The fraction of sp³-hybridized carbons (Fsp3) is 0.417. The number of thiazole rings is 1. The fourth-order valence-corrected chi connectivity index (χ4v) is 4.96. The van der Waals surface area contributed by atoms with E-state index in [-0.39, 0.29) is 0 Å². The molecule has 178 valence electrons. The van der Waals surface area contributed by atoms with Crippen LogP contribution in [0.5, 0.6) is 5.88 Å². The van der Waals surface area contributed by atoms with Gasteiger partial charge in [0.1, 0.15) is 17.2 Å². The van der Waals surface area contributed by atoms with Crippen LogP contribution < -0.4 is 10.1 Å². The molecule has 0 fully saturated rings. The number of pyridine rings is 1. The molecule has 0 saturated heterocycles. The topological polar surface area (TPSA) is 103 Å². The Bertz CT molecular complexity index is 1320. The van der Waals surface area contributed by atoms with Crippen molar-refractivity contribution in [3.63, 3.8) is 0 Å². The van der Waals surface area contributed by atoms with Gasteiger partial charge in [0.25, 0.3) is 0 Å². The Balaban J connectivity index is 1.44. The Morgan fingerprint density at radius 2 is 2.00 bits per heavy atom. The van der Waals surface area contributed by atoms with Gasteiger partial charge in [0.2, 0.25) is 5.88 Å². The Hall–Kier alpha value is -3.24. The summed E-state index contributed by atoms with van der Waals surface area (Å²) in [5, 5.41) is 21.4. The van der Waals surface area contributed by atoms with E-state index in [9.17, 15) is 5.11 Å². The predicted octanol–water partition coefficient (Wildman–Crippen LogP) is 4.30. The molecular formula is C24H29N7O2S. The van der Waals surface area contributed by atoms with E-state index in [1.807, 2.05) is 39.9 Å². The Morgan fingerprint density at radius 1 is 1.18 bits per heavy atom. The van der Waals surface area contributed by atoms with Gasteiger partial charge >= 0.3 is 0 Å². The summed E-state index contributed by atoms with van der Waals surface area (Å²) < 4.78 is 9.34. The molecule has 1 aliphatic carbocycles. The van der Waals surface area contributed by atoms with Gasteiger partial charge in [-0.1, -0.05) is 0 Å². The van der Waals surface area contributed by atoms with Crippen molar-refractivity contribution in [1.29, 1.82) is 0 Å². The molecule has 5 rings (SSSR count). The minimum Gasteiger partial charge on any atom is -0.479 e. The third-order valence-electron chi connectivity index (χ3n) is 5.78. The second-order valence-corrected chi connectivity index (χ2v) is 10.1. The molecule has 10 heteroatoms. The first-order valence-corrected chi connectivity index (χ1v) is 12.3. The number of aromatic nitrogens is 6. The van der Waals surface area contributed by atoms with Crippen molar-refractivity contribution in [2.75, 3.05) is 12.4 Å². The van der Waals surface area contributed by atoms with Crippen molar-refractivity contribution in [2.45, 2.75) is 58.6 Å². The molecule has 9 nitrogen and oxygen atoms in total. The summed E-state index contributed by atoms with van der Waals surface area (Å²) in [6.07, 6.45) is 7.92. The summed E-state index contributed by atoms with van der Waals surface area (Å²) in [7, 11) is 1.61. The standard InChI is InChI=1S/C24H29N7O2S/c1-15-11-30(14-25-15)20-10-9-18(26-22(20)33-4)19-12-34-23(27-19)28-21-16-7-5-6-8-17(16)29-31(21)13-24(2,3)32/h9-12,14,32H,5-8,13H2,1-4H3,(H,27,28). The molecule has 1 aliphatic rings. The average Bonchev–Trinajstić information content (AvgIpc) is 3.52. The van der Waals surface area contributed by atoms with Gasteiger partial charge in [-0.05, 0) is 58.6 Å². The van der Waals surface area contributed by atoms with Crippen LogP contribution in [0.3, 0.4) is 0 Å². The molecule has 0 aromatic carbocycles. The maximum Gasteiger partial charge on any atom is 0.238 e. The van der Waals surface area contributed by atoms with Gasteiger partial charge in [-0.2, -0.15) is 5.10 Å². The number of ether oxygens (including phenoxy) is 1. The SMILES string of the molecule is COc1nc(-c2csc(Nc3c4c(nn3CC(C)(C)O)CCCC4)n2)ccc1-n1cnc(C)c1. The van der Waals surface area contributed by atoms with Gasteiger partial charge < -0.3 is 19.7 Å². The predicted molar refractivity (Wildman–Crippen MR) is 132 cm³/mol. The number of aryl methyl sites for hydroxylation is 2. The van der Waals surface area contributed by atoms with Crippen molar-refractivity contribution in [3.05, 3.63) is 47.0 Å². The van der Waals surface area contributed by atoms with Crippen LogP contribution in [0.1, 0.15) is 43.6 Å². The lowest BCUT2D eigenvalue weighted by atomic mass is 9.97. The number of methoxy groups -OCH3 is 1. The minimum absolute atomic E-state index is 0.411. The molecule has 4 heterocycles. The monoisotopic (exact) mass is 479 g/mol. The van der Waals surface area contributed by atoms with Crippen LogP contribution in [0.4, 0.5) is 10.9 Å². The number of hydrogen-bond donors (Lipinski definition) is 2. The molecule has 4 aromatic heterocycles. The van der Waals surface area contributed by atoms with E-state index < -0.39 is 5.60 Å². The molecule has 0 aliphatic heterocycles. The molecule has 0 atom stereocenters. The van der Waals surface area contributed by atoms with Gasteiger partial charge in [0.05, 0.1) is 42.7 Å². The van der Waals surface area contributed by atoms with E-state index in [1.165, 1.54) is 16.9 Å². The smallest absolute Gasteiger partial charge is 0.238 e. The molecule has 0 saturated carbocycles. The van der Waals surface area contributed by atoms with Crippen molar-refractivity contribution in [1.82, 2.24) is 29.3 Å². The quantitative estimate of drug-likeness (QED) is 0.407. The van der Waals surface area contributed by atoms with Gasteiger partial charge in [-0.25, -0.2) is 19.6 Å². The van der Waals surface area contributed by atoms with Crippen molar-refractivity contribution in [3.8, 4) is 23.0 Å². The molecule has 0 amide bonds. The first kappa shape index (κ1) is 22.5. The number of nitrogens with zero attached hydrogens (tertiary/aromatic N) is 6. The maximum absolute atomic E-state index is 10.4. The fourth-order valence-electron chi connectivity index (χ4n) is 4.25. The lowest BCUT2D eigenvalue weighted by Gasteiger charge is -2.19. The molecule has 0 radical (unpaired) electrons. The highest BCUT2D eigenvalue weighted by Gasteiger charge is 2.25. The third-order valence-corrected chi connectivity index (χ3v) is 6.53. The molecule has 4 aromatic rings. The van der Waals surface area contributed by atoms with Crippen LogP contribution in [0, 0.1) is 6.92 Å². The van der Waals surface area contributed by atoms with E-state index in [2.05, 4.69) is 15.3 Å². The van der Waals surface area contributed by atoms with Crippen LogP contribution in [0.25, 0.3) is 17.1 Å². The number of rotatable bonds is 7. The van der Waals surface area contributed by atoms with Crippen molar-refractivity contribution in [2.24, 2.45) is 0 Å². The highest BCUT2D eigenvalue weighted by molar-refractivity contribution is 7.14. The van der Waals surface area contributed by atoms with Crippen LogP contribution >= 0.6 is 11.3 Å². The summed E-state index contributed by atoms with van der Waals surface area (Å²) in [6, 6.07) is 3.90. The highest BCUT2D eigenvalue weighted by atomic mass is 32.1. The number of nitrogens with one attached hydrogen (secondary N) is 1. The lowest BCUT2D eigenvalue weighted by molar-refractivity contribution is 0.0583. The summed E-state index contributed by atoms with van der Waals surface area (Å²) in [4.78, 5) is 13.8. The molecule has 34 heavy (non-hydrogen) atoms. The van der Waals surface area contributed by atoms with E-state index in [0.29, 0.717) is 12.4 Å². The first-order chi connectivity index (χ1) is 16.3. The Labute approximate surface area is 202 Å². The molecule has 0 spiro atoms.